The van der Waals surface area contributed by atoms with Gasteiger partial charge in [-0.2, -0.15) is 0 Å². The van der Waals surface area contributed by atoms with E-state index >= 15 is 0 Å². The fourth-order valence-electron chi connectivity index (χ4n) is 0.963. The van der Waals surface area contributed by atoms with Crippen LogP contribution in [0.3, 0.4) is 0 Å². The summed E-state index contributed by atoms with van der Waals surface area (Å²) in [5.41, 5.74) is -1.11. The molecular weight excluding hydrogens is 184 g/mol. The number of hydrogen-bond donors (Lipinski definition) is 2. The zero-order valence-electron chi connectivity index (χ0n) is 7.92. The van der Waals surface area contributed by atoms with Gasteiger partial charge in [0, 0.05) is 0 Å². The van der Waals surface area contributed by atoms with Crippen LogP contribution in [0.15, 0.2) is 9.59 Å². The van der Waals surface area contributed by atoms with E-state index in [-0.39, 0.29) is 18.0 Å². The van der Waals surface area contributed by atoms with E-state index in [4.69, 9.17) is 0 Å². The molecule has 0 aliphatic rings. The van der Waals surface area contributed by atoms with E-state index in [0.29, 0.717) is 0 Å². The number of nitrogens with zero attached hydrogens (tertiary/aromatic N) is 1. The van der Waals surface area contributed by atoms with Gasteiger partial charge < -0.3 is 5.11 Å². The second-order valence-electron chi connectivity index (χ2n) is 2.72. The predicted octanol–water partition coefficient (Wildman–Crippen LogP) is -0.426. The molecule has 74 valence electrons. The van der Waals surface area contributed by atoms with Crippen molar-refractivity contribution in [3.63, 3.8) is 0 Å². The van der Waals surface area contributed by atoms with Gasteiger partial charge in [0.1, 0.15) is 0 Å². The van der Waals surface area contributed by atoms with Crippen molar-refractivity contribution in [3.05, 3.63) is 26.4 Å². The Morgan fingerprint density at radius 3 is 2.71 bits per heavy atom. The lowest BCUT2D eigenvalue weighted by molar-refractivity contribution is 0.407. The van der Waals surface area contributed by atoms with Gasteiger partial charge in [0.25, 0.3) is 5.56 Å². The molecule has 0 bridgehead atoms. The van der Waals surface area contributed by atoms with Crippen LogP contribution < -0.4 is 11.2 Å². The summed E-state index contributed by atoms with van der Waals surface area (Å²) in [5, 5.41) is 9.46. The first-order chi connectivity index (χ1) is 6.57. The molecule has 1 aromatic rings. The molecule has 0 fully saturated rings. The maximum atomic E-state index is 11.2. The van der Waals surface area contributed by atoms with Crippen molar-refractivity contribution in [2.24, 2.45) is 0 Å². The molecule has 1 rings (SSSR count). The van der Waals surface area contributed by atoms with E-state index in [1.165, 1.54) is 6.92 Å². The van der Waals surface area contributed by atoms with Gasteiger partial charge in [-0.25, -0.2) is 4.79 Å². The molecule has 14 heavy (non-hydrogen) atoms. The number of hydrogen-bond acceptors (Lipinski definition) is 3. The molecular formula is C9H10N2O3. The molecule has 0 spiro atoms. The largest absolute Gasteiger partial charge is 0.494 e. The molecule has 0 aromatic carbocycles. The predicted molar refractivity (Wildman–Crippen MR) is 51.2 cm³/mol. The molecule has 0 atom stereocenters. The summed E-state index contributed by atoms with van der Waals surface area (Å²) in [6.07, 6.45) is 0. The normalized spacial score (nSPS) is 9.29. The molecule has 1 heterocycles. The standard InChI is InChI=1S/C9H10N2O3/c1-3-4-5-11-8(13)6(2)7(12)10-9(11)14/h13H,5H2,1-2H3,(H,10,12,14). The number of rotatable bonds is 1. The van der Waals surface area contributed by atoms with Crippen LogP contribution in [-0.4, -0.2) is 14.7 Å². The Morgan fingerprint density at radius 1 is 1.50 bits per heavy atom. The molecule has 0 saturated carbocycles. The number of aromatic amines is 1. The third-order valence-corrected chi connectivity index (χ3v) is 1.81. The van der Waals surface area contributed by atoms with Gasteiger partial charge in [0.2, 0.25) is 5.88 Å². The van der Waals surface area contributed by atoms with Crippen molar-refractivity contribution in [3.8, 4) is 17.7 Å². The first-order valence-corrected chi connectivity index (χ1v) is 4.00. The van der Waals surface area contributed by atoms with Crippen molar-refractivity contribution in [2.45, 2.75) is 20.4 Å². The van der Waals surface area contributed by atoms with Gasteiger partial charge in [0.15, 0.2) is 0 Å². The second-order valence-corrected chi connectivity index (χ2v) is 2.72. The van der Waals surface area contributed by atoms with Gasteiger partial charge in [-0.05, 0) is 13.8 Å². The summed E-state index contributed by atoms with van der Waals surface area (Å²) in [5.74, 6) is 4.88. The topological polar surface area (TPSA) is 75.1 Å². The van der Waals surface area contributed by atoms with Crippen molar-refractivity contribution in [1.29, 1.82) is 0 Å². The van der Waals surface area contributed by atoms with Gasteiger partial charge >= 0.3 is 5.69 Å². The monoisotopic (exact) mass is 194 g/mol. The van der Waals surface area contributed by atoms with E-state index < -0.39 is 11.2 Å². The van der Waals surface area contributed by atoms with Gasteiger partial charge in [-0.3, -0.25) is 14.3 Å². The summed E-state index contributed by atoms with van der Waals surface area (Å²) in [4.78, 5) is 24.3. The molecule has 0 amide bonds. The molecule has 0 unspecified atom stereocenters. The van der Waals surface area contributed by atoms with E-state index in [0.717, 1.165) is 4.57 Å². The Labute approximate surface area is 80.0 Å². The molecule has 0 saturated heterocycles. The third-order valence-electron chi connectivity index (χ3n) is 1.81. The Bertz CT molecular complexity index is 514. The zero-order chi connectivity index (χ0) is 10.7. The summed E-state index contributed by atoms with van der Waals surface area (Å²) in [6, 6.07) is 0. The van der Waals surface area contributed by atoms with Gasteiger partial charge in [-0.15, -0.1) is 5.92 Å². The van der Waals surface area contributed by atoms with Crippen LogP contribution in [0, 0.1) is 18.8 Å². The van der Waals surface area contributed by atoms with E-state index in [9.17, 15) is 14.7 Å². The zero-order valence-corrected chi connectivity index (χ0v) is 7.92. The fourth-order valence-corrected chi connectivity index (χ4v) is 0.963. The molecule has 0 radical (unpaired) electrons. The van der Waals surface area contributed by atoms with Crippen LogP contribution in [0.5, 0.6) is 5.88 Å². The van der Waals surface area contributed by atoms with Gasteiger partial charge in [0.05, 0.1) is 12.1 Å². The molecule has 2 N–H and O–H groups in total. The highest BCUT2D eigenvalue weighted by atomic mass is 16.3. The van der Waals surface area contributed by atoms with Crippen LogP contribution in [0.1, 0.15) is 12.5 Å². The van der Waals surface area contributed by atoms with E-state index in [2.05, 4.69) is 16.8 Å². The van der Waals surface area contributed by atoms with Crippen LogP contribution in [-0.2, 0) is 6.54 Å². The number of aromatic nitrogens is 2. The average molecular weight is 194 g/mol. The number of H-pyrrole nitrogens is 1. The van der Waals surface area contributed by atoms with E-state index in [1.54, 1.807) is 6.92 Å². The molecule has 1 aromatic heterocycles. The lowest BCUT2D eigenvalue weighted by Crippen LogP contribution is -2.31. The Morgan fingerprint density at radius 2 is 2.14 bits per heavy atom. The lowest BCUT2D eigenvalue weighted by atomic mass is 10.3. The van der Waals surface area contributed by atoms with Crippen LogP contribution in [0.2, 0.25) is 0 Å². The van der Waals surface area contributed by atoms with Crippen molar-refractivity contribution >= 4 is 0 Å². The van der Waals surface area contributed by atoms with Crippen LogP contribution in [0.25, 0.3) is 0 Å². The highest BCUT2D eigenvalue weighted by Gasteiger charge is 2.08. The molecule has 0 aliphatic heterocycles. The van der Waals surface area contributed by atoms with Gasteiger partial charge in [-0.1, -0.05) is 5.92 Å². The second kappa shape index (κ2) is 3.83. The van der Waals surface area contributed by atoms with Crippen molar-refractivity contribution < 1.29 is 5.11 Å². The highest BCUT2D eigenvalue weighted by molar-refractivity contribution is 5.21. The summed E-state index contributed by atoms with van der Waals surface area (Å²) < 4.78 is 1.01. The minimum absolute atomic E-state index is 0.0682. The maximum absolute atomic E-state index is 11.2. The summed E-state index contributed by atoms with van der Waals surface area (Å²) in [6.45, 7) is 3.13. The quantitative estimate of drug-likeness (QED) is 0.596. The lowest BCUT2D eigenvalue weighted by Gasteiger charge is -2.04. The Hall–Kier alpha value is -1.96. The Kier molecular flexibility index (Phi) is 2.77. The maximum Gasteiger partial charge on any atom is 0.332 e. The minimum Gasteiger partial charge on any atom is -0.494 e. The fraction of sp³-hybridized carbons (Fsp3) is 0.333. The van der Waals surface area contributed by atoms with Crippen LogP contribution >= 0.6 is 0 Å². The van der Waals surface area contributed by atoms with Crippen LogP contribution in [0.4, 0.5) is 0 Å². The van der Waals surface area contributed by atoms with E-state index in [1.807, 2.05) is 0 Å². The first-order valence-electron chi connectivity index (χ1n) is 4.00. The summed E-state index contributed by atoms with van der Waals surface area (Å²) >= 11 is 0. The first kappa shape index (κ1) is 10.1. The molecule has 0 aliphatic carbocycles. The Balaban J connectivity index is 3.42. The highest BCUT2D eigenvalue weighted by Crippen LogP contribution is 2.06. The van der Waals surface area contributed by atoms with Crippen molar-refractivity contribution in [1.82, 2.24) is 9.55 Å². The number of nitrogens with one attached hydrogen (secondary N) is 1. The number of aromatic hydroxyl groups is 1. The smallest absolute Gasteiger partial charge is 0.332 e. The SMILES string of the molecule is CC#CCn1c(O)c(C)c(=O)[nH]c1=O. The molecule has 5 heteroatoms. The molecule has 5 nitrogen and oxygen atoms in total. The third kappa shape index (κ3) is 1.69. The minimum atomic E-state index is -0.652. The summed E-state index contributed by atoms with van der Waals surface area (Å²) in [7, 11) is 0. The average Bonchev–Trinajstić information content (AvgIpc) is 2.14. The van der Waals surface area contributed by atoms with Crippen molar-refractivity contribution in [2.75, 3.05) is 0 Å².